The van der Waals surface area contributed by atoms with E-state index in [1.54, 1.807) is 0 Å². The predicted molar refractivity (Wildman–Crippen MR) is 422 cm³/mol. The summed E-state index contributed by atoms with van der Waals surface area (Å²) in [4.78, 5) is 65.2. The van der Waals surface area contributed by atoms with Crippen LogP contribution in [0.3, 0.4) is 0 Å². The van der Waals surface area contributed by atoms with E-state index in [0.717, 1.165) is 34.6 Å². The molecule has 55 atom stereocenters. The van der Waals surface area contributed by atoms with Crippen LogP contribution in [-0.4, -0.2) is 588 Å². The summed E-state index contributed by atoms with van der Waals surface area (Å²) in [6.45, 7) is -7.79. The molecule has 11 saturated heterocycles. The molecule has 0 aromatic heterocycles. The van der Waals surface area contributed by atoms with E-state index in [1.165, 1.54) is 0 Å². The van der Waals surface area contributed by atoms with Gasteiger partial charge in [0, 0.05) is 41.2 Å². The fourth-order valence-electron chi connectivity index (χ4n) is 17.9. The van der Waals surface area contributed by atoms with Crippen molar-refractivity contribution >= 4 is 29.5 Å². The van der Waals surface area contributed by atoms with Crippen LogP contribution in [0.2, 0.25) is 0 Å². The first-order valence-electron chi connectivity index (χ1n) is 43.7. The lowest BCUT2D eigenvalue weighted by Gasteiger charge is -2.52. The number of hydrogen-bond acceptors (Lipinski definition) is 56. The van der Waals surface area contributed by atoms with E-state index in [9.17, 15) is 172 Å². The first-order valence-corrected chi connectivity index (χ1v) is 43.7. The molecule has 0 aliphatic carbocycles. The number of nitrogens with one attached hydrogen (secondary N) is 5. The number of nitrogens with two attached hydrogens (primary N) is 1. The maximum Gasteiger partial charge on any atom is 0.217 e. The van der Waals surface area contributed by atoms with Crippen molar-refractivity contribution in [1.82, 2.24) is 26.6 Å². The lowest BCUT2D eigenvalue weighted by molar-refractivity contribution is -0.406. The van der Waals surface area contributed by atoms with Crippen molar-refractivity contribution in [2.75, 3.05) is 72.6 Å². The van der Waals surface area contributed by atoms with Gasteiger partial charge in [-0.2, -0.15) is 0 Å². The van der Waals surface area contributed by atoms with E-state index < -0.39 is 440 Å². The molecule has 36 N–H and O–H groups in total. The quantitative estimate of drug-likeness (QED) is 0.0277. The second kappa shape index (κ2) is 49.5. The van der Waals surface area contributed by atoms with Crippen molar-refractivity contribution in [3.05, 3.63) is 0 Å². The van der Waals surface area contributed by atoms with E-state index >= 15 is 0 Å². The third kappa shape index (κ3) is 25.0. The highest BCUT2D eigenvalue weighted by Gasteiger charge is 2.63. The normalized spacial score (nSPS) is 48.9. The number of hydrogen-bond donors (Lipinski definition) is 35. The predicted octanol–water partition coefficient (Wildman–Crippen LogP) is -24.3. The molecule has 792 valence electrons. The fraction of sp³-hybridized carbons (Fsp3) is 0.934. The van der Waals surface area contributed by atoms with Crippen LogP contribution >= 0.6 is 0 Å². The Kier molecular flexibility index (Phi) is 40.7. The van der Waals surface area contributed by atoms with Gasteiger partial charge in [0.05, 0.1) is 66.1 Å². The summed E-state index contributed by atoms with van der Waals surface area (Å²) >= 11 is 0. The summed E-state index contributed by atoms with van der Waals surface area (Å²) in [6, 6.07) is -9.87. The zero-order chi connectivity index (χ0) is 101. The molecule has 11 rings (SSSR count). The van der Waals surface area contributed by atoms with Gasteiger partial charge in [0.2, 0.25) is 29.5 Å². The molecule has 0 saturated carbocycles. The van der Waals surface area contributed by atoms with Crippen LogP contribution in [0, 0.1) is 0 Å². The van der Waals surface area contributed by atoms with E-state index in [0.29, 0.717) is 0 Å². The molecule has 11 heterocycles. The van der Waals surface area contributed by atoms with Gasteiger partial charge in [-0.1, -0.05) is 0 Å². The van der Waals surface area contributed by atoms with Crippen molar-refractivity contribution in [3.63, 3.8) is 0 Å². The number of aliphatic hydroxyl groups excluding tert-OH is 29. The highest BCUT2D eigenvalue weighted by molar-refractivity contribution is 5.75. The molecule has 137 heavy (non-hydrogen) atoms. The lowest BCUT2D eigenvalue weighted by Crippen LogP contribution is -2.71. The highest BCUT2D eigenvalue weighted by Crippen LogP contribution is 2.42. The topological polar surface area (TPSA) is 952 Å². The number of amides is 5. The molecule has 11 aliphatic rings. The van der Waals surface area contributed by atoms with Gasteiger partial charge >= 0.3 is 0 Å². The Morgan fingerprint density at radius 1 is 0.212 bits per heavy atom. The van der Waals surface area contributed by atoms with Crippen molar-refractivity contribution in [2.24, 2.45) is 5.73 Å². The molecule has 5 amide bonds. The lowest BCUT2D eigenvalue weighted by atomic mass is 9.93. The SMILES string of the molecule is CC(=O)N[C@@H]1[C@@H](O)[C@H](O[C@@H]2O[C@H](CO)[C@@H](O[C@@H]3O[C@H](CO[C@H]4O[C@H](CO)[C@@H](O)[C@H](O)[C@@H]4O[C@@H]4O[C@H](CO)[C@@H](O[C@@H]5O[C@H](CO)[C@H](O)[C@H](O)[C@H]5O)[C@H](O)[C@H]4NC(C)=O)[C@@H](O)[C@H](O[C@H]4O[C@H](CO)[C@@H](O[C@@H]5O[C@H](CO)[C@@H](O[C@@H]6O[C@H](CN)[C@H](O)[C@H](O)[C@H]6O)[C@H](O)[C@H]5NC(C)=O)[C@H](O)[C@@H]4O[C@@H]4O[C@H](CO)[C@@H](O[C@@H]5O[C@H](CO)[C@H](O)[C@H](O)[C@H]5O)[C@H](O)[C@H]4NC(C)=O)[C@@H]3O)[C@H](O)[C@H]2NC(C)=O)[C@@H](CO)O[C@H]1O. The number of rotatable bonds is 36. The second-order valence-electron chi connectivity index (χ2n) is 34.6. The van der Waals surface area contributed by atoms with Crippen LogP contribution in [0.25, 0.3) is 0 Å². The minimum Gasteiger partial charge on any atom is -0.394 e. The summed E-state index contributed by atoms with van der Waals surface area (Å²) in [5.41, 5.74) is 5.75. The Balaban J connectivity index is 0.983. The molecule has 0 spiro atoms. The molecule has 61 nitrogen and oxygen atoms in total. The van der Waals surface area contributed by atoms with Crippen LogP contribution in [0.5, 0.6) is 0 Å². The van der Waals surface area contributed by atoms with E-state index in [-0.39, 0.29) is 0 Å². The molecule has 0 bridgehead atoms. The van der Waals surface area contributed by atoms with Gasteiger partial charge < -0.3 is 280 Å². The molecule has 0 radical (unpaired) electrons. The van der Waals surface area contributed by atoms with Crippen LogP contribution < -0.4 is 32.3 Å². The van der Waals surface area contributed by atoms with Gasteiger partial charge in [-0.25, -0.2) is 0 Å². The van der Waals surface area contributed by atoms with Gasteiger partial charge in [-0.3, -0.25) is 24.0 Å². The average Bonchev–Trinajstić information content (AvgIpc) is 0.762. The Morgan fingerprint density at radius 2 is 0.438 bits per heavy atom. The largest absolute Gasteiger partial charge is 0.394 e. The third-order valence-corrected chi connectivity index (χ3v) is 25.0. The van der Waals surface area contributed by atoms with Gasteiger partial charge in [-0.15, -0.1) is 0 Å². The number of aliphatic hydroxyl groups is 29. The van der Waals surface area contributed by atoms with E-state index in [1.807, 2.05) is 0 Å². The van der Waals surface area contributed by atoms with Gasteiger partial charge in [0.1, 0.15) is 268 Å². The maximum atomic E-state index is 13.4. The van der Waals surface area contributed by atoms with Crippen LogP contribution in [-0.2, 0) is 123 Å². The summed E-state index contributed by atoms with van der Waals surface area (Å²) in [5, 5.41) is 340. The average molecular weight is 2010 g/mol. The summed E-state index contributed by atoms with van der Waals surface area (Å²) < 4.78 is 127. The molecule has 61 heteroatoms. The van der Waals surface area contributed by atoms with E-state index in [2.05, 4.69) is 26.6 Å². The molecular formula is C76H128N6O55. The van der Waals surface area contributed by atoms with E-state index in [4.69, 9.17) is 105 Å². The third-order valence-electron chi connectivity index (χ3n) is 25.0. The van der Waals surface area contributed by atoms with Gasteiger partial charge in [0.15, 0.2) is 69.2 Å². The minimum absolute atomic E-state index is 0.495. The fourth-order valence-corrected chi connectivity index (χ4v) is 17.9. The minimum atomic E-state index is -2.75. The zero-order valence-corrected chi connectivity index (χ0v) is 73.7. The molecule has 0 unspecified atom stereocenters. The Morgan fingerprint density at radius 3 is 0.759 bits per heavy atom. The van der Waals surface area contributed by atoms with Gasteiger partial charge in [-0.05, 0) is 0 Å². The number of carbonyl (C=O) groups excluding carboxylic acids is 5. The molecule has 0 aromatic carbocycles. The molecule has 0 aromatic rings. The smallest absolute Gasteiger partial charge is 0.217 e. The zero-order valence-electron chi connectivity index (χ0n) is 73.7. The van der Waals surface area contributed by atoms with Crippen molar-refractivity contribution in [3.8, 4) is 0 Å². The molecule has 11 fully saturated rings. The molecule has 11 aliphatic heterocycles. The van der Waals surface area contributed by atoms with Crippen molar-refractivity contribution < 1.29 is 272 Å². The number of ether oxygens (including phenoxy) is 21. The summed E-state index contributed by atoms with van der Waals surface area (Å²) in [5.74, 6) is -4.87. The second-order valence-corrected chi connectivity index (χ2v) is 34.6. The Hall–Kier alpha value is -4.69. The standard InChI is InChI=1S/C76H128N6O55/c1-17(92)78-33-43(102)57(26(10-86)118-66(33)116)129-67-34(79-18(2)93)45(104)61(30(14-90)123-67)134-74-56(115)63(42(101)32(128-74)16-117-75-64(51(110)41(100)25(9-85)122-75)136-69-36(81-20(4)95)46(105)59(28(12-88)125-69)132-72-53(112)49(108)39(98)23(7-83)120-72)135-76-65(137-70-37(82-21(5)96)47(106)60(29(13-89)126-70)133-73-54(113)50(109)40(99)24(8-84)121-73)55(114)62(31(15-91)127-76)130-68-35(80-19(3)94)44(103)58(27(11-87)124-68)131-71-52(111)48(107)38(97)22(6-77)119-71/h22-76,83-91,97-116H,6-16,77H2,1-5H3,(H,78,92)(H,79,93)(H,80,94)(H,81,95)(H,82,96)/t22-,23-,24-,25-,26-,27-,28-,29-,30-,31-,32-,33-,34-,35-,36-,37-,38+,39+,40+,41-,42-,43-,44-,45-,46-,47-,48+,49+,50+,51+,52-,53-,54-,55+,56+,57-,58-,59-,60-,61-,62-,63+,64+,65+,66-,67+,68+,69+,70+,71+,72+,73+,74+,75+,76-/m1/s1. The van der Waals surface area contributed by atoms with Crippen LogP contribution in [0.15, 0.2) is 0 Å². The monoisotopic (exact) mass is 2000 g/mol. The Labute approximate surface area is 775 Å². The van der Waals surface area contributed by atoms with Crippen LogP contribution in [0.1, 0.15) is 34.6 Å². The highest BCUT2D eigenvalue weighted by atomic mass is 16.8. The van der Waals surface area contributed by atoms with Crippen LogP contribution in [0.4, 0.5) is 0 Å². The number of carbonyl (C=O) groups is 5. The summed E-state index contributed by atoms with van der Waals surface area (Å²) in [7, 11) is 0. The summed E-state index contributed by atoms with van der Waals surface area (Å²) in [6.07, 6.45) is -108. The first kappa shape index (κ1) is 113. The van der Waals surface area contributed by atoms with Crippen molar-refractivity contribution in [1.29, 1.82) is 0 Å². The Bertz CT molecular complexity index is 3780. The maximum absolute atomic E-state index is 13.4. The van der Waals surface area contributed by atoms with Gasteiger partial charge in [0.25, 0.3) is 0 Å². The first-order chi connectivity index (χ1) is 64.9. The van der Waals surface area contributed by atoms with Crippen molar-refractivity contribution in [2.45, 2.75) is 372 Å². The molecular weight excluding hydrogens is 1880 g/mol.